The van der Waals surface area contributed by atoms with E-state index in [1.807, 2.05) is 31.2 Å². The number of hydrogen-bond donors (Lipinski definition) is 2. The number of rotatable bonds is 7. The first-order valence-corrected chi connectivity index (χ1v) is 6.88. The molecule has 1 aromatic rings. The van der Waals surface area contributed by atoms with Gasteiger partial charge in [-0.3, -0.25) is 11.3 Å². The van der Waals surface area contributed by atoms with Gasteiger partial charge in [-0.25, -0.2) is 0 Å². The van der Waals surface area contributed by atoms with Crippen LogP contribution in [0.1, 0.15) is 33.6 Å². The largest absolute Gasteiger partial charge is 0.489 e. The van der Waals surface area contributed by atoms with Crippen LogP contribution in [0, 0.1) is 5.92 Å². The highest BCUT2D eigenvalue weighted by atomic mass is 35.5. The summed E-state index contributed by atoms with van der Waals surface area (Å²) in [7, 11) is 0. The molecule has 0 aromatic heterocycles. The van der Waals surface area contributed by atoms with E-state index in [2.05, 4.69) is 19.3 Å². The molecular formula is C14H23ClN2O. The van der Waals surface area contributed by atoms with Gasteiger partial charge in [0.15, 0.2) is 0 Å². The van der Waals surface area contributed by atoms with E-state index in [9.17, 15) is 0 Å². The summed E-state index contributed by atoms with van der Waals surface area (Å²) in [5, 5.41) is 0.680. The van der Waals surface area contributed by atoms with Crippen LogP contribution in [0.2, 0.25) is 5.02 Å². The van der Waals surface area contributed by atoms with Gasteiger partial charge in [0.25, 0.3) is 0 Å². The van der Waals surface area contributed by atoms with Crippen molar-refractivity contribution in [3.05, 3.63) is 29.3 Å². The Balaban J connectivity index is 2.70. The molecule has 0 amide bonds. The molecule has 0 aliphatic carbocycles. The predicted molar refractivity (Wildman–Crippen MR) is 76.7 cm³/mol. The van der Waals surface area contributed by atoms with E-state index in [0.717, 1.165) is 18.6 Å². The van der Waals surface area contributed by atoms with Crippen LogP contribution in [0.25, 0.3) is 0 Å². The van der Waals surface area contributed by atoms with Crippen LogP contribution in [-0.2, 0) is 0 Å². The molecule has 0 radical (unpaired) electrons. The molecule has 0 aliphatic heterocycles. The van der Waals surface area contributed by atoms with Crippen LogP contribution in [0.3, 0.4) is 0 Å². The Morgan fingerprint density at radius 1 is 1.33 bits per heavy atom. The average Bonchev–Trinajstić information content (AvgIpc) is 2.35. The molecule has 0 heterocycles. The quantitative estimate of drug-likeness (QED) is 0.590. The fourth-order valence-electron chi connectivity index (χ4n) is 2.28. The fourth-order valence-corrected chi connectivity index (χ4v) is 2.46. The van der Waals surface area contributed by atoms with Gasteiger partial charge >= 0.3 is 0 Å². The van der Waals surface area contributed by atoms with E-state index in [1.165, 1.54) is 0 Å². The van der Waals surface area contributed by atoms with Crippen molar-refractivity contribution in [1.82, 2.24) is 5.43 Å². The van der Waals surface area contributed by atoms with Crippen molar-refractivity contribution in [3.8, 4) is 5.75 Å². The molecule has 102 valence electrons. The molecule has 0 saturated carbocycles. The average molecular weight is 271 g/mol. The smallest absolute Gasteiger partial charge is 0.121 e. The Morgan fingerprint density at radius 2 is 2.00 bits per heavy atom. The molecular weight excluding hydrogens is 248 g/mol. The second-order valence-corrected chi connectivity index (χ2v) is 4.99. The van der Waals surface area contributed by atoms with E-state index >= 15 is 0 Å². The Labute approximate surface area is 115 Å². The topological polar surface area (TPSA) is 47.3 Å². The standard InChI is InChI=1S/C14H23ClN2O/c1-4-11(5-2)14(17-16)10(3)18-13-8-6-7-12(15)9-13/h6-11,14,17H,4-5,16H2,1-3H3. The molecule has 0 spiro atoms. The summed E-state index contributed by atoms with van der Waals surface area (Å²) in [6.07, 6.45) is 2.15. The molecule has 0 bridgehead atoms. The summed E-state index contributed by atoms with van der Waals surface area (Å²) < 4.78 is 5.91. The monoisotopic (exact) mass is 270 g/mol. The van der Waals surface area contributed by atoms with Crippen molar-refractivity contribution >= 4 is 11.6 Å². The number of nitrogens with two attached hydrogens (primary N) is 1. The number of ether oxygens (including phenoxy) is 1. The van der Waals surface area contributed by atoms with E-state index < -0.39 is 0 Å². The molecule has 3 nitrogen and oxygen atoms in total. The van der Waals surface area contributed by atoms with Gasteiger partial charge in [-0.2, -0.15) is 0 Å². The highest BCUT2D eigenvalue weighted by Crippen LogP contribution is 2.22. The van der Waals surface area contributed by atoms with Gasteiger partial charge in [-0.15, -0.1) is 0 Å². The minimum atomic E-state index is -0.00151. The van der Waals surface area contributed by atoms with Gasteiger partial charge in [0.2, 0.25) is 0 Å². The Bertz CT molecular complexity index is 355. The maximum absolute atomic E-state index is 5.94. The van der Waals surface area contributed by atoms with E-state index in [-0.39, 0.29) is 12.1 Å². The first kappa shape index (κ1) is 15.3. The molecule has 3 N–H and O–H groups in total. The van der Waals surface area contributed by atoms with Gasteiger partial charge in [-0.1, -0.05) is 44.4 Å². The SMILES string of the molecule is CCC(CC)C(NN)C(C)Oc1cccc(Cl)c1. The number of nitrogens with one attached hydrogen (secondary N) is 1. The Hall–Kier alpha value is -0.770. The van der Waals surface area contributed by atoms with E-state index in [1.54, 1.807) is 0 Å². The molecule has 4 heteroatoms. The van der Waals surface area contributed by atoms with Crippen molar-refractivity contribution < 1.29 is 4.74 Å². The molecule has 1 aromatic carbocycles. The highest BCUT2D eigenvalue weighted by molar-refractivity contribution is 6.30. The third-order valence-electron chi connectivity index (χ3n) is 3.37. The van der Waals surface area contributed by atoms with Gasteiger partial charge in [0, 0.05) is 5.02 Å². The molecule has 0 fully saturated rings. The molecule has 2 atom stereocenters. The predicted octanol–water partition coefficient (Wildman–Crippen LogP) is 3.38. The first-order chi connectivity index (χ1) is 8.62. The maximum Gasteiger partial charge on any atom is 0.121 e. The molecule has 1 rings (SSSR count). The van der Waals surface area contributed by atoms with Crippen LogP contribution < -0.4 is 16.0 Å². The van der Waals surface area contributed by atoms with Gasteiger partial charge in [0.05, 0.1) is 6.04 Å². The van der Waals surface area contributed by atoms with Crippen molar-refractivity contribution in [1.29, 1.82) is 0 Å². The van der Waals surface area contributed by atoms with Crippen molar-refractivity contribution in [2.24, 2.45) is 11.8 Å². The summed E-state index contributed by atoms with van der Waals surface area (Å²) in [6.45, 7) is 6.37. The van der Waals surface area contributed by atoms with Crippen molar-refractivity contribution in [2.75, 3.05) is 0 Å². The van der Waals surface area contributed by atoms with Crippen LogP contribution in [-0.4, -0.2) is 12.1 Å². The lowest BCUT2D eigenvalue weighted by Gasteiger charge is -2.30. The van der Waals surface area contributed by atoms with Crippen LogP contribution >= 0.6 is 11.6 Å². The normalized spacial score (nSPS) is 14.6. The Kier molecular flexibility index (Phi) is 6.47. The van der Waals surface area contributed by atoms with E-state index in [0.29, 0.717) is 10.9 Å². The van der Waals surface area contributed by atoms with Gasteiger partial charge in [-0.05, 0) is 31.0 Å². The van der Waals surface area contributed by atoms with Gasteiger partial charge < -0.3 is 4.74 Å². The summed E-state index contributed by atoms with van der Waals surface area (Å²) in [5.74, 6) is 6.94. The van der Waals surface area contributed by atoms with Crippen molar-refractivity contribution in [3.63, 3.8) is 0 Å². The van der Waals surface area contributed by atoms with Crippen LogP contribution in [0.15, 0.2) is 24.3 Å². The number of benzene rings is 1. The fraction of sp³-hybridized carbons (Fsp3) is 0.571. The summed E-state index contributed by atoms with van der Waals surface area (Å²) >= 11 is 5.94. The lowest BCUT2D eigenvalue weighted by molar-refractivity contribution is 0.130. The van der Waals surface area contributed by atoms with Crippen LogP contribution in [0.5, 0.6) is 5.75 Å². The molecule has 0 saturated heterocycles. The molecule has 0 aliphatic rings. The minimum Gasteiger partial charge on any atom is -0.489 e. The van der Waals surface area contributed by atoms with Gasteiger partial charge in [0.1, 0.15) is 11.9 Å². The summed E-state index contributed by atoms with van der Waals surface area (Å²) in [4.78, 5) is 0. The van der Waals surface area contributed by atoms with E-state index in [4.69, 9.17) is 22.2 Å². The van der Waals surface area contributed by atoms with Crippen LogP contribution in [0.4, 0.5) is 0 Å². The third kappa shape index (κ3) is 4.16. The Morgan fingerprint density at radius 3 is 2.50 bits per heavy atom. The number of hydrogen-bond acceptors (Lipinski definition) is 3. The van der Waals surface area contributed by atoms with Crippen molar-refractivity contribution in [2.45, 2.75) is 45.8 Å². The lowest BCUT2D eigenvalue weighted by Crippen LogP contribution is -2.49. The second kappa shape index (κ2) is 7.62. The third-order valence-corrected chi connectivity index (χ3v) is 3.61. The maximum atomic E-state index is 5.94. The minimum absolute atomic E-state index is 0.00151. The number of halogens is 1. The molecule has 18 heavy (non-hydrogen) atoms. The summed E-state index contributed by atoms with van der Waals surface area (Å²) in [5.41, 5.74) is 2.88. The zero-order valence-corrected chi connectivity index (χ0v) is 12.1. The lowest BCUT2D eigenvalue weighted by atomic mass is 9.91. The summed E-state index contributed by atoms with van der Waals surface area (Å²) in [6, 6.07) is 7.57. The highest BCUT2D eigenvalue weighted by Gasteiger charge is 2.24. The first-order valence-electron chi connectivity index (χ1n) is 6.50. The zero-order chi connectivity index (χ0) is 13.5. The molecule has 2 unspecified atom stereocenters. The zero-order valence-electron chi connectivity index (χ0n) is 11.3. The second-order valence-electron chi connectivity index (χ2n) is 4.55. The number of hydrazine groups is 1.